The van der Waals surface area contributed by atoms with Gasteiger partial charge in [0.25, 0.3) is 0 Å². The Hall–Kier alpha value is -1.64. The number of nitrogens with zero attached hydrogens (tertiary/aromatic N) is 2. The topological polar surface area (TPSA) is 34.0 Å². The summed E-state index contributed by atoms with van der Waals surface area (Å²) in [5.74, 6) is 0.880. The monoisotopic (exact) mass is 158 g/mol. The van der Waals surface area contributed by atoms with Crippen LogP contribution in [0.3, 0.4) is 0 Å². The lowest BCUT2D eigenvalue weighted by Crippen LogP contribution is -2.12. The predicted octanol–water partition coefficient (Wildman–Crippen LogP) is -0.173. The highest BCUT2D eigenvalue weighted by Crippen LogP contribution is 2.12. The van der Waals surface area contributed by atoms with Gasteiger partial charge in [-0.3, -0.25) is 4.99 Å². The minimum absolute atomic E-state index is 0.444. The average Bonchev–Trinajstić information content (AvgIpc) is 2.71. The van der Waals surface area contributed by atoms with Gasteiger partial charge in [0.2, 0.25) is 0 Å². The first kappa shape index (κ1) is 5.94. The summed E-state index contributed by atoms with van der Waals surface area (Å²) in [7, 11) is 0. The van der Waals surface area contributed by atoms with Gasteiger partial charge in [0.15, 0.2) is 12.5 Å². The maximum absolute atomic E-state index is 5.36. The molecule has 0 N–H and O–H groups in total. The van der Waals surface area contributed by atoms with E-state index in [1.54, 1.807) is 0 Å². The van der Waals surface area contributed by atoms with Crippen molar-refractivity contribution in [2.75, 3.05) is 6.73 Å². The number of aliphatic imine (C=N–C) groups is 1. The summed E-state index contributed by atoms with van der Waals surface area (Å²) in [6, 6.07) is 3.98. The van der Waals surface area contributed by atoms with E-state index in [1.165, 1.54) is 0 Å². The summed E-state index contributed by atoms with van der Waals surface area (Å²) in [4.78, 5) is 8.24. The van der Waals surface area contributed by atoms with E-state index in [2.05, 4.69) is 9.98 Å². The van der Waals surface area contributed by atoms with Gasteiger partial charge < -0.3 is 4.74 Å². The van der Waals surface area contributed by atoms with Crippen LogP contribution in [-0.4, -0.2) is 12.9 Å². The zero-order chi connectivity index (χ0) is 7.97. The van der Waals surface area contributed by atoms with Crippen molar-refractivity contribution in [2.24, 2.45) is 9.98 Å². The van der Waals surface area contributed by atoms with Crippen molar-refractivity contribution in [1.29, 1.82) is 0 Å². The molecule has 2 heterocycles. The summed E-state index contributed by atoms with van der Waals surface area (Å²) in [6.45, 7) is 0.444. The second-order valence-electron chi connectivity index (χ2n) is 2.76. The summed E-state index contributed by atoms with van der Waals surface area (Å²) < 4.78 is 5.36. The van der Waals surface area contributed by atoms with E-state index in [1.807, 2.05) is 24.5 Å². The van der Waals surface area contributed by atoms with Gasteiger partial charge in [-0.25, -0.2) is 4.99 Å². The van der Waals surface area contributed by atoms with Crippen LogP contribution in [0.4, 0.5) is 0 Å². The fourth-order valence-electron chi connectivity index (χ4n) is 1.48. The molecule has 3 rings (SSSR count). The molecule has 12 heavy (non-hydrogen) atoms. The van der Waals surface area contributed by atoms with Gasteiger partial charge in [0.05, 0.1) is 0 Å². The molecule has 2 aliphatic rings. The molecule has 1 aromatic rings. The molecule has 0 spiro atoms. The van der Waals surface area contributed by atoms with E-state index in [0.717, 1.165) is 21.9 Å². The molecule has 0 radical (unpaired) electrons. The van der Waals surface area contributed by atoms with Crippen LogP contribution in [0.25, 0.3) is 6.20 Å². The minimum atomic E-state index is 0.444. The molecule has 1 aromatic carbocycles. The van der Waals surface area contributed by atoms with Crippen LogP contribution < -0.4 is 15.3 Å². The molecule has 0 atom stereocenters. The fraction of sp³-hybridized carbons (Fsp3) is 0.111. The van der Waals surface area contributed by atoms with Crippen LogP contribution in [0, 0.1) is 0 Å². The first-order valence-corrected chi connectivity index (χ1v) is 3.79. The zero-order valence-electron chi connectivity index (χ0n) is 6.32. The molecule has 58 valence electrons. The van der Waals surface area contributed by atoms with Crippen LogP contribution in [-0.2, 0) is 0 Å². The van der Waals surface area contributed by atoms with Gasteiger partial charge in [-0.05, 0) is 6.07 Å². The number of hydrogen-bond donors (Lipinski definition) is 0. The lowest BCUT2D eigenvalue weighted by molar-refractivity contribution is 0.352. The van der Waals surface area contributed by atoms with Crippen molar-refractivity contribution in [3.8, 4) is 5.75 Å². The van der Waals surface area contributed by atoms with Crippen molar-refractivity contribution in [2.45, 2.75) is 0 Å². The molecule has 0 saturated carbocycles. The van der Waals surface area contributed by atoms with E-state index in [0.29, 0.717) is 6.73 Å². The SMILES string of the molecule is C1=NC=c2ccc3c(c21)OCN=3. The van der Waals surface area contributed by atoms with Crippen molar-refractivity contribution in [3.63, 3.8) is 0 Å². The Balaban J connectivity index is 2.50. The molecule has 0 unspecified atom stereocenters. The zero-order valence-corrected chi connectivity index (χ0v) is 6.32. The molecule has 0 aliphatic carbocycles. The van der Waals surface area contributed by atoms with E-state index in [-0.39, 0.29) is 0 Å². The number of ether oxygens (including phenoxy) is 1. The highest BCUT2D eigenvalue weighted by Gasteiger charge is 2.12. The molecule has 0 saturated heterocycles. The van der Waals surface area contributed by atoms with Gasteiger partial charge in [0, 0.05) is 23.2 Å². The Morgan fingerprint density at radius 2 is 2.33 bits per heavy atom. The molecule has 0 amide bonds. The molecular formula is C9H6N2O. The molecule has 0 aromatic heterocycles. The maximum atomic E-state index is 5.36. The Bertz CT molecular complexity index is 488. The lowest BCUT2D eigenvalue weighted by Gasteiger charge is -1.97. The largest absolute Gasteiger partial charge is 0.468 e. The van der Waals surface area contributed by atoms with Crippen LogP contribution >= 0.6 is 0 Å². The summed E-state index contributed by atoms with van der Waals surface area (Å²) in [5, 5.41) is 2.06. The Morgan fingerprint density at radius 1 is 1.33 bits per heavy atom. The number of benzene rings is 1. The molecule has 0 fully saturated rings. The lowest BCUT2D eigenvalue weighted by atomic mass is 10.2. The van der Waals surface area contributed by atoms with E-state index in [9.17, 15) is 0 Å². The third-order valence-corrected chi connectivity index (χ3v) is 2.07. The third-order valence-electron chi connectivity index (χ3n) is 2.07. The Kier molecular flexibility index (Phi) is 0.961. The van der Waals surface area contributed by atoms with Crippen LogP contribution in [0.15, 0.2) is 22.1 Å². The highest BCUT2D eigenvalue weighted by molar-refractivity contribution is 5.88. The Labute approximate surface area is 68.7 Å². The van der Waals surface area contributed by atoms with Crippen LogP contribution in [0.1, 0.15) is 5.56 Å². The van der Waals surface area contributed by atoms with Crippen molar-refractivity contribution in [3.05, 3.63) is 28.3 Å². The summed E-state index contributed by atoms with van der Waals surface area (Å²) in [5.41, 5.74) is 1.06. The van der Waals surface area contributed by atoms with Gasteiger partial charge in [0.1, 0.15) is 5.36 Å². The van der Waals surface area contributed by atoms with E-state index < -0.39 is 0 Å². The highest BCUT2D eigenvalue weighted by atomic mass is 16.5. The summed E-state index contributed by atoms with van der Waals surface area (Å²) in [6.07, 6.45) is 3.65. The van der Waals surface area contributed by atoms with E-state index in [4.69, 9.17) is 4.74 Å². The molecule has 3 nitrogen and oxygen atoms in total. The standard InChI is InChI=1S/C9H6N2O/c1-2-8-9(12-5-11-8)7-4-10-3-6(1)7/h1-4H,5H2. The number of hydrogen-bond acceptors (Lipinski definition) is 3. The second-order valence-corrected chi connectivity index (χ2v) is 2.76. The number of fused-ring (bicyclic) bond motifs is 3. The second kappa shape index (κ2) is 1.94. The normalized spacial score (nSPS) is 16.0. The smallest absolute Gasteiger partial charge is 0.180 e. The van der Waals surface area contributed by atoms with Gasteiger partial charge >= 0.3 is 0 Å². The molecule has 3 heteroatoms. The molecule has 2 aliphatic heterocycles. The minimum Gasteiger partial charge on any atom is -0.468 e. The van der Waals surface area contributed by atoms with E-state index >= 15 is 0 Å². The maximum Gasteiger partial charge on any atom is 0.180 e. The molecular weight excluding hydrogens is 152 g/mol. The van der Waals surface area contributed by atoms with Crippen molar-refractivity contribution in [1.82, 2.24) is 0 Å². The van der Waals surface area contributed by atoms with Crippen molar-refractivity contribution < 1.29 is 4.74 Å². The third kappa shape index (κ3) is 0.605. The van der Waals surface area contributed by atoms with Crippen LogP contribution in [0.2, 0.25) is 0 Å². The first-order valence-electron chi connectivity index (χ1n) is 3.79. The Morgan fingerprint density at radius 3 is 3.33 bits per heavy atom. The number of rotatable bonds is 0. The molecule has 0 bridgehead atoms. The predicted molar refractivity (Wildman–Crippen MR) is 44.8 cm³/mol. The van der Waals surface area contributed by atoms with Gasteiger partial charge in [-0.15, -0.1) is 0 Å². The van der Waals surface area contributed by atoms with Gasteiger partial charge in [-0.1, -0.05) is 6.07 Å². The summed E-state index contributed by atoms with van der Waals surface area (Å²) >= 11 is 0. The van der Waals surface area contributed by atoms with Crippen molar-refractivity contribution >= 4 is 12.4 Å². The van der Waals surface area contributed by atoms with Gasteiger partial charge in [-0.2, -0.15) is 0 Å². The quantitative estimate of drug-likeness (QED) is 0.516. The average molecular weight is 158 g/mol. The first-order chi connectivity index (χ1) is 5.95. The van der Waals surface area contributed by atoms with Crippen LogP contribution in [0.5, 0.6) is 5.75 Å². The fourth-order valence-corrected chi connectivity index (χ4v) is 1.48.